The van der Waals surface area contributed by atoms with Gasteiger partial charge in [-0.05, 0) is 43.0 Å². The van der Waals surface area contributed by atoms with Gasteiger partial charge < -0.3 is 15.4 Å². The maximum Gasteiger partial charge on any atom is 0.259 e. The molecule has 1 fully saturated rings. The first kappa shape index (κ1) is 16.2. The number of nitrogens with zero attached hydrogens (tertiary/aromatic N) is 2. The molecule has 0 saturated carbocycles. The van der Waals surface area contributed by atoms with Crippen LogP contribution in [0, 0.1) is 6.92 Å². The van der Waals surface area contributed by atoms with Gasteiger partial charge in [0.1, 0.15) is 5.82 Å². The number of aryl methyl sites for hydroxylation is 1. The van der Waals surface area contributed by atoms with Gasteiger partial charge >= 0.3 is 0 Å². The summed E-state index contributed by atoms with van der Waals surface area (Å²) in [5.41, 5.74) is 4.57. The van der Waals surface area contributed by atoms with Crippen molar-refractivity contribution in [1.29, 1.82) is 0 Å². The molecule has 6 heteroatoms. The molecule has 0 unspecified atom stereocenters. The first-order valence-electron chi connectivity index (χ1n) is 8.76. The summed E-state index contributed by atoms with van der Waals surface area (Å²) in [6.07, 6.45) is 3.53. The molecule has 25 heavy (non-hydrogen) atoms. The van der Waals surface area contributed by atoms with Gasteiger partial charge in [0.15, 0.2) is 0 Å². The van der Waals surface area contributed by atoms with E-state index in [-0.39, 0.29) is 5.91 Å². The van der Waals surface area contributed by atoms with Crippen LogP contribution in [0.3, 0.4) is 0 Å². The summed E-state index contributed by atoms with van der Waals surface area (Å²) in [7, 11) is 0. The Hall–Kier alpha value is -2.31. The number of amides is 1. The van der Waals surface area contributed by atoms with E-state index >= 15 is 0 Å². The number of aromatic nitrogens is 2. The van der Waals surface area contributed by atoms with Gasteiger partial charge in [-0.3, -0.25) is 4.79 Å². The number of benzene rings is 1. The van der Waals surface area contributed by atoms with E-state index in [1.54, 1.807) is 6.20 Å². The maximum atomic E-state index is 12.6. The van der Waals surface area contributed by atoms with Crippen LogP contribution in [-0.2, 0) is 17.8 Å². The predicted molar refractivity (Wildman–Crippen MR) is 94.5 cm³/mol. The zero-order valence-corrected chi connectivity index (χ0v) is 14.3. The zero-order chi connectivity index (χ0) is 17.2. The van der Waals surface area contributed by atoms with E-state index in [1.807, 2.05) is 19.1 Å². The molecule has 4 rings (SSSR count). The highest BCUT2D eigenvalue weighted by Gasteiger charge is 2.21. The Morgan fingerprint density at radius 2 is 2.04 bits per heavy atom. The zero-order valence-electron chi connectivity index (χ0n) is 14.3. The van der Waals surface area contributed by atoms with Gasteiger partial charge in [-0.1, -0.05) is 6.07 Å². The Bertz CT molecular complexity index is 800. The molecular formula is C19H22N4O2. The second-order valence-corrected chi connectivity index (χ2v) is 6.66. The molecule has 130 valence electrons. The lowest BCUT2D eigenvalue weighted by molar-refractivity contribution is 0.0835. The van der Waals surface area contributed by atoms with Crippen molar-refractivity contribution in [2.75, 3.05) is 18.5 Å². The molecule has 6 nitrogen and oxygen atoms in total. The number of hydrogen-bond acceptors (Lipinski definition) is 5. The fraction of sp³-hybridized carbons (Fsp3) is 0.421. The summed E-state index contributed by atoms with van der Waals surface area (Å²) < 4.78 is 5.39. The van der Waals surface area contributed by atoms with E-state index in [0.717, 1.165) is 56.4 Å². The van der Waals surface area contributed by atoms with E-state index < -0.39 is 0 Å². The predicted octanol–water partition coefficient (Wildman–Crippen LogP) is 2.53. The van der Waals surface area contributed by atoms with Crippen LogP contribution in [0.2, 0.25) is 0 Å². The summed E-state index contributed by atoms with van der Waals surface area (Å²) in [4.78, 5) is 21.6. The van der Waals surface area contributed by atoms with Crippen LogP contribution in [0.4, 0.5) is 5.69 Å². The van der Waals surface area contributed by atoms with Crippen molar-refractivity contribution < 1.29 is 9.53 Å². The number of hydrogen-bond donors (Lipinski definition) is 2. The third-order valence-corrected chi connectivity index (χ3v) is 4.92. The number of anilines is 1. The van der Waals surface area contributed by atoms with Crippen LogP contribution < -0.4 is 10.6 Å². The van der Waals surface area contributed by atoms with Crippen LogP contribution >= 0.6 is 0 Å². The Morgan fingerprint density at radius 1 is 1.24 bits per heavy atom. The first-order valence-corrected chi connectivity index (χ1v) is 8.76. The molecule has 0 bridgehead atoms. The monoisotopic (exact) mass is 338 g/mol. The van der Waals surface area contributed by atoms with Crippen LogP contribution in [-0.4, -0.2) is 29.1 Å². The smallest absolute Gasteiger partial charge is 0.259 e. The van der Waals surface area contributed by atoms with Gasteiger partial charge in [0.25, 0.3) is 5.91 Å². The SMILES string of the molecule is Cc1nc(C2CCOCC2)ncc1C(=O)Nc1ccc2c(c1)CNC2. The van der Waals surface area contributed by atoms with Crippen LogP contribution in [0.15, 0.2) is 24.4 Å². The van der Waals surface area contributed by atoms with Crippen molar-refractivity contribution in [1.82, 2.24) is 15.3 Å². The normalized spacial score (nSPS) is 17.3. The molecule has 2 aromatic rings. The number of ether oxygens (including phenoxy) is 1. The summed E-state index contributed by atoms with van der Waals surface area (Å²) >= 11 is 0. The molecule has 0 atom stereocenters. The average Bonchev–Trinajstić information content (AvgIpc) is 3.10. The number of carbonyl (C=O) groups excluding carboxylic acids is 1. The highest BCUT2D eigenvalue weighted by atomic mass is 16.5. The molecule has 0 aliphatic carbocycles. The van der Waals surface area contributed by atoms with Crippen molar-refractivity contribution in [3.63, 3.8) is 0 Å². The van der Waals surface area contributed by atoms with Crippen LogP contribution in [0.5, 0.6) is 0 Å². The molecule has 1 saturated heterocycles. The summed E-state index contributed by atoms with van der Waals surface area (Å²) in [6.45, 7) is 5.11. The maximum absolute atomic E-state index is 12.6. The summed E-state index contributed by atoms with van der Waals surface area (Å²) in [5, 5.41) is 6.27. The number of rotatable bonds is 3. The quantitative estimate of drug-likeness (QED) is 0.899. The van der Waals surface area contributed by atoms with Crippen molar-refractivity contribution >= 4 is 11.6 Å². The Labute approximate surface area is 147 Å². The highest BCUT2D eigenvalue weighted by molar-refractivity contribution is 6.04. The second-order valence-electron chi connectivity index (χ2n) is 6.66. The van der Waals surface area contributed by atoms with Gasteiger partial charge in [0.05, 0.1) is 11.3 Å². The third-order valence-electron chi connectivity index (χ3n) is 4.92. The van der Waals surface area contributed by atoms with Crippen molar-refractivity contribution in [2.45, 2.75) is 38.8 Å². The molecule has 2 N–H and O–H groups in total. The van der Waals surface area contributed by atoms with Crippen molar-refractivity contribution in [3.8, 4) is 0 Å². The van der Waals surface area contributed by atoms with Crippen LogP contribution in [0.1, 0.15) is 51.8 Å². The molecule has 1 aromatic carbocycles. The summed E-state index contributed by atoms with van der Waals surface area (Å²) in [5.74, 6) is 0.983. The van der Waals surface area contributed by atoms with Crippen molar-refractivity contribution in [3.05, 3.63) is 52.6 Å². The van der Waals surface area contributed by atoms with Gasteiger partial charge in [-0.2, -0.15) is 0 Å². The fourth-order valence-corrected chi connectivity index (χ4v) is 3.43. The molecular weight excluding hydrogens is 316 g/mol. The van der Waals surface area contributed by atoms with E-state index in [9.17, 15) is 4.79 Å². The Morgan fingerprint density at radius 3 is 2.84 bits per heavy atom. The number of nitrogens with one attached hydrogen (secondary N) is 2. The van der Waals surface area contributed by atoms with Crippen LogP contribution in [0.25, 0.3) is 0 Å². The molecule has 0 spiro atoms. The van der Waals surface area contributed by atoms with Gasteiger partial charge in [-0.25, -0.2) is 9.97 Å². The van der Waals surface area contributed by atoms with Gasteiger partial charge in [0, 0.05) is 44.1 Å². The first-order chi connectivity index (χ1) is 12.2. The molecule has 3 heterocycles. The lowest BCUT2D eigenvalue weighted by atomic mass is 9.99. The van der Waals surface area contributed by atoms with Gasteiger partial charge in [0.2, 0.25) is 0 Å². The Kier molecular flexibility index (Phi) is 4.46. The number of fused-ring (bicyclic) bond motifs is 1. The van der Waals surface area contributed by atoms with E-state index in [0.29, 0.717) is 11.5 Å². The molecule has 1 amide bonds. The minimum Gasteiger partial charge on any atom is -0.381 e. The lowest BCUT2D eigenvalue weighted by Gasteiger charge is -2.21. The average molecular weight is 338 g/mol. The highest BCUT2D eigenvalue weighted by Crippen LogP contribution is 2.25. The minimum absolute atomic E-state index is 0.165. The fourth-order valence-electron chi connectivity index (χ4n) is 3.43. The van der Waals surface area contributed by atoms with Gasteiger partial charge in [-0.15, -0.1) is 0 Å². The molecule has 2 aliphatic heterocycles. The minimum atomic E-state index is -0.165. The summed E-state index contributed by atoms with van der Waals surface area (Å²) in [6, 6.07) is 6.03. The van der Waals surface area contributed by atoms with E-state index in [2.05, 4.69) is 26.7 Å². The largest absolute Gasteiger partial charge is 0.381 e. The second kappa shape index (κ2) is 6.90. The van der Waals surface area contributed by atoms with E-state index in [1.165, 1.54) is 11.1 Å². The number of carbonyl (C=O) groups is 1. The molecule has 1 aromatic heterocycles. The molecule has 0 radical (unpaired) electrons. The van der Waals surface area contributed by atoms with E-state index in [4.69, 9.17) is 4.74 Å². The molecule has 2 aliphatic rings. The standard InChI is InChI=1S/C19H22N4O2/c1-12-17(11-21-18(22-12)13-4-6-25-7-5-13)19(24)23-16-3-2-14-9-20-10-15(14)8-16/h2-3,8,11,13,20H,4-7,9-10H2,1H3,(H,23,24). The topological polar surface area (TPSA) is 76.1 Å². The Balaban J connectivity index is 1.50. The third kappa shape index (κ3) is 3.41. The van der Waals surface area contributed by atoms with Crippen molar-refractivity contribution in [2.24, 2.45) is 0 Å². The lowest BCUT2D eigenvalue weighted by Crippen LogP contribution is -2.19.